The molecule has 0 radical (unpaired) electrons. The van der Waals surface area contributed by atoms with Gasteiger partial charge in [-0.15, -0.1) is 0 Å². The number of carbonyl (C=O) groups is 1. The highest BCUT2D eigenvalue weighted by atomic mass is 16.5. The monoisotopic (exact) mass is 370 g/mol. The van der Waals surface area contributed by atoms with Gasteiger partial charge in [-0.2, -0.15) is 5.10 Å². The number of rotatable bonds is 8. The van der Waals surface area contributed by atoms with Crippen LogP contribution >= 0.6 is 0 Å². The standard InChI is InChI=1S/C21H30N4O2/c1-2-15-27-20-9-5-7-18(16-20)17-22-21(26)25-13-4-3-8-19(25)10-14-24-12-6-11-23-24/h5-7,9,11-12,16,19H,2-4,8,10,13-15,17H2,1H3,(H,22,26)/t19-/m1/s1. The number of piperidine rings is 1. The predicted molar refractivity (Wildman–Crippen MR) is 106 cm³/mol. The summed E-state index contributed by atoms with van der Waals surface area (Å²) in [5, 5.41) is 7.35. The lowest BCUT2D eigenvalue weighted by Crippen LogP contribution is -2.48. The number of ether oxygens (including phenoxy) is 1. The second-order valence-electron chi connectivity index (χ2n) is 7.06. The van der Waals surface area contributed by atoms with Gasteiger partial charge in [0.1, 0.15) is 5.75 Å². The minimum Gasteiger partial charge on any atom is -0.494 e. The number of benzene rings is 1. The molecule has 2 amide bonds. The Kier molecular flexibility index (Phi) is 7.13. The minimum atomic E-state index is 0.0278. The summed E-state index contributed by atoms with van der Waals surface area (Å²) in [6, 6.07) is 10.2. The molecule has 146 valence electrons. The van der Waals surface area contributed by atoms with E-state index in [-0.39, 0.29) is 12.1 Å². The molecule has 0 spiro atoms. The molecule has 1 saturated heterocycles. The zero-order valence-electron chi connectivity index (χ0n) is 16.1. The summed E-state index contributed by atoms with van der Waals surface area (Å²) in [4.78, 5) is 14.8. The molecule has 0 saturated carbocycles. The van der Waals surface area contributed by atoms with Crippen molar-refractivity contribution in [3.8, 4) is 5.75 Å². The first kappa shape index (κ1) is 19.3. The number of nitrogens with zero attached hydrogens (tertiary/aromatic N) is 3. The molecule has 1 N–H and O–H groups in total. The number of hydrogen-bond acceptors (Lipinski definition) is 3. The largest absolute Gasteiger partial charge is 0.494 e. The van der Waals surface area contributed by atoms with E-state index in [9.17, 15) is 4.79 Å². The molecule has 1 aliphatic heterocycles. The lowest BCUT2D eigenvalue weighted by Gasteiger charge is -2.35. The van der Waals surface area contributed by atoms with E-state index < -0.39 is 0 Å². The molecule has 2 aromatic rings. The molecule has 1 aliphatic rings. The van der Waals surface area contributed by atoms with Crippen LogP contribution in [-0.2, 0) is 13.1 Å². The van der Waals surface area contributed by atoms with Crippen LogP contribution in [0.4, 0.5) is 4.79 Å². The third kappa shape index (κ3) is 5.74. The maximum Gasteiger partial charge on any atom is 0.317 e. The maximum absolute atomic E-state index is 12.8. The first-order chi connectivity index (χ1) is 13.3. The number of carbonyl (C=O) groups excluding carboxylic acids is 1. The van der Waals surface area contributed by atoms with Gasteiger partial charge in [0.05, 0.1) is 6.61 Å². The van der Waals surface area contributed by atoms with Gasteiger partial charge in [0, 0.05) is 38.1 Å². The van der Waals surface area contributed by atoms with Crippen molar-refractivity contribution in [2.24, 2.45) is 0 Å². The lowest BCUT2D eigenvalue weighted by molar-refractivity contribution is 0.143. The quantitative estimate of drug-likeness (QED) is 0.768. The van der Waals surface area contributed by atoms with Gasteiger partial charge < -0.3 is 15.0 Å². The van der Waals surface area contributed by atoms with E-state index >= 15 is 0 Å². The van der Waals surface area contributed by atoms with Gasteiger partial charge >= 0.3 is 6.03 Å². The number of hydrogen-bond donors (Lipinski definition) is 1. The lowest BCUT2D eigenvalue weighted by atomic mass is 10.00. The normalized spacial score (nSPS) is 16.9. The highest BCUT2D eigenvalue weighted by molar-refractivity contribution is 5.74. The van der Waals surface area contributed by atoms with E-state index in [0.717, 1.165) is 50.1 Å². The highest BCUT2D eigenvalue weighted by Crippen LogP contribution is 2.21. The number of aryl methyl sites for hydroxylation is 1. The summed E-state index contributed by atoms with van der Waals surface area (Å²) in [7, 11) is 0. The van der Waals surface area contributed by atoms with Crippen molar-refractivity contribution in [3.05, 3.63) is 48.3 Å². The van der Waals surface area contributed by atoms with Gasteiger partial charge in [-0.1, -0.05) is 19.1 Å². The number of aromatic nitrogens is 2. The third-order valence-electron chi connectivity index (χ3n) is 4.95. The van der Waals surface area contributed by atoms with Crippen molar-refractivity contribution in [3.63, 3.8) is 0 Å². The van der Waals surface area contributed by atoms with E-state index in [0.29, 0.717) is 13.2 Å². The Bertz CT molecular complexity index is 702. The molecule has 1 aromatic heterocycles. The molecule has 27 heavy (non-hydrogen) atoms. The van der Waals surface area contributed by atoms with Crippen molar-refractivity contribution in [1.29, 1.82) is 0 Å². The molecular formula is C21H30N4O2. The average Bonchev–Trinajstić information content (AvgIpc) is 3.23. The Balaban J connectivity index is 1.52. The zero-order chi connectivity index (χ0) is 18.9. The van der Waals surface area contributed by atoms with Gasteiger partial charge in [-0.25, -0.2) is 4.79 Å². The fourth-order valence-electron chi connectivity index (χ4n) is 3.53. The molecular weight excluding hydrogens is 340 g/mol. The van der Waals surface area contributed by atoms with Crippen LogP contribution in [0.1, 0.15) is 44.6 Å². The Morgan fingerprint density at radius 2 is 2.26 bits per heavy atom. The Labute approximate surface area is 161 Å². The number of urea groups is 1. The summed E-state index contributed by atoms with van der Waals surface area (Å²) in [6.45, 7) is 4.99. The van der Waals surface area contributed by atoms with Crippen LogP contribution in [0.25, 0.3) is 0 Å². The van der Waals surface area contributed by atoms with Crippen molar-refractivity contribution < 1.29 is 9.53 Å². The highest BCUT2D eigenvalue weighted by Gasteiger charge is 2.26. The predicted octanol–water partition coefficient (Wildman–Crippen LogP) is 3.83. The van der Waals surface area contributed by atoms with Gasteiger partial charge in [-0.05, 0) is 55.9 Å². The van der Waals surface area contributed by atoms with E-state index in [1.807, 2.05) is 46.1 Å². The minimum absolute atomic E-state index is 0.0278. The fraction of sp³-hybridized carbons (Fsp3) is 0.524. The fourth-order valence-corrected chi connectivity index (χ4v) is 3.53. The van der Waals surface area contributed by atoms with Crippen molar-refractivity contribution in [2.75, 3.05) is 13.2 Å². The summed E-state index contributed by atoms with van der Waals surface area (Å²) in [6.07, 6.45) is 9.02. The van der Waals surface area contributed by atoms with E-state index in [2.05, 4.69) is 17.3 Å². The summed E-state index contributed by atoms with van der Waals surface area (Å²) < 4.78 is 7.61. The van der Waals surface area contributed by atoms with E-state index in [4.69, 9.17) is 4.74 Å². The molecule has 3 rings (SSSR count). The van der Waals surface area contributed by atoms with Gasteiger partial charge in [0.15, 0.2) is 0 Å². The van der Waals surface area contributed by atoms with Gasteiger partial charge in [0.25, 0.3) is 0 Å². The van der Waals surface area contributed by atoms with Crippen molar-refractivity contribution in [2.45, 2.75) is 58.2 Å². The molecule has 1 aromatic carbocycles. The molecule has 0 unspecified atom stereocenters. The van der Waals surface area contributed by atoms with Crippen molar-refractivity contribution in [1.82, 2.24) is 20.0 Å². The molecule has 1 fully saturated rings. The van der Waals surface area contributed by atoms with Crippen molar-refractivity contribution >= 4 is 6.03 Å². The molecule has 0 bridgehead atoms. The molecule has 0 aliphatic carbocycles. The molecule has 1 atom stereocenters. The van der Waals surface area contributed by atoms with Crippen LogP contribution in [0.5, 0.6) is 5.75 Å². The van der Waals surface area contributed by atoms with Crippen LogP contribution in [0.3, 0.4) is 0 Å². The second kappa shape index (κ2) is 10.00. The SMILES string of the molecule is CCCOc1cccc(CNC(=O)N2CCCC[C@@H]2CCn2cccn2)c1. The van der Waals surface area contributed by atoms with Crippen LogP contribution < -0.4 is 10.1 Å². The van der Waals surface area contributed by atoms with Crippen LogP contribution in [0.15, 0.2) is 42.7 Å². The smallest absolute Gasteiger partial charge is 0.317 e. The third-order valence-corrected chi connectivity index (χ3v) is 4.95. The first-order valence-corrected chi connectivity index (χ1v) is 10.00. The summed E-state index contributed by atoms with van der Waals surface area (Å²) in [5.41, 5.74) is 1.06. The van der Waals surface area contributed by atoms with Crippen LogP contribution in [0.2, 0.25) is 0 Å². The average molecular weight is 370 g/mol. The first-order valence-electron chi connectivity index (χ1n) is 10.00. The maximum atomic E-state index is 12.8. The van der Waals surface area contributed by atoms with E-state index in [1.165, 1.54) is 6.42 Å². The second-order valence-corrected chi connectivity index (χ2v) is 7.06. The van der Waals surface area contributed by atoms with Gasteiger partial charge in [0.2, 0.25) is 0 Å². The number of nitrogens with one attached hydrogen (secondary N) is 1. The summed E-state index contributed by atoms with van der Waals surface area (Å²) in [5.74, 6) is 0.860. The van der Waals surface area contributed by atoms with E-state index in [1.54, 1.807) is 6.20 Å². The Hall–Kier alpha value is -2.50. The summed E-state index contributed by atoms with van der Waals surface area (Å²) >= 11 is 0. The Morgan fingerprint density at radius 3 is 3.07 bits per heavy atom. The zero-order valence-corrected chi connectivity index (χ0v) is 16.1. The molecule has 2 heterocycles. The Morgan fingerprint density at radius 1 is 1.33 bits per heavy atom. The molecule has 6 heteroatoms. The number of likely N-dealkylation sites (tertiary alicyclic amines) is 1. The topological polar surface area (TPSA) is 59.4 Å². The number of amides is 2. The van der Waals surface area contributed by atoms with Gasteiger partial charge in [-0.3, -0.25) is 4.68 Å². The van der Waals surface area contributed by atoms with Crippen LogP contribution in [0, 0.1) is 0 Å². The van der Waals surface area contributed by atoms with Crippen LogP contribution in [-0.4, -0.2) is 39.9 Å². The molecule has 6 nitrogen and oxygen atoms in total.